The zero-order chi connectivity index (χ0) is 49.0. The lowest BCUT2D eigenvalue weighted by atomic mass is 9.91. The van der Waals surface area contributed by atoms with E-state index in [0.717, 1.165) is 39.4 Å². The van der Waals surface area contributed by atoms with Gasteiger partial charge in [-0.3, -0.25) is 4.98 Å². The molecule has 3 heteroatoms. The monoisotopic (exact) mass is 941 g/mol. The number of aromatic nitrogens is 2. The van der Waals surface area contributed by atoms with Crippen molar-refractivity contribution in [3.63, 3.8) is 0 Å². The third kappa shape index (κ3) is 7.50. The van der Waals surface area contributed by atoms with Crippen LogP contribution in [0.2, 0.25) is 0 Å². The van der Waals surface area contributed by atoms with E-state index in [0.29, 0.717) is 0 Å². The van der Waals surface area contributed by atoms with E-state index in [9.17, 15) is 0 Å². The van der Waals surface area contributed by atoms with Crippen LogP contribution in [0.3, 0.4) is 0 Å². The second kappa shape index (κ2) is 18.1. The molecule has 0 saturated carbocycles. The smallest absolute Gasteiger partial charge is 0.0541 e. The zero-order valence-electron chi connectivity index (χ0n) is 40.5. The second-order valence-electron chi connectivity index (χ2n) is 19.1. The fraction of sp³-hybridized carbons (Fsp3) is 0. The van der Waals surface area contributed by atoms with E-state index < -0.39 is 0 Å². The van der Waals surface area contributed by atoms with Crippen molar-refractivity contribution in [3.8, 4) is 61.3 Å². The molecule has 0 aliphatic carbocycles. The molecular weight excluding hydrogens is 895 g/mol. The first kappa shape index (κ1) is 43.0. The summed E-state index contributed by atoms with van der Waals surface area (Å²) >= 11 is 0. The van der Waals surface area contributed by atoms with Crippen molar-refractivity contribution in [1.29, 1.82) is 0 Å². The molecular formula is C71H47N3. The maximum atomic E-state index is 4.27. The maximum Gasteiger partial charge on any atom is 0.0541 e. The van der Waals surface area contributed by atoms with Gasteiger partial charge in [0.2, 0.25) is 0 Å². The molecule has 2 aromatic heterocycles. The van der Waals surface area contributed by atoms with Crippen molar-refractivity contribution in [2.75, 3.05) is 4.90 Å². The molecule has 346 valence electrons. The molecule has 0 aliphatic heterocycles. The Morgan fingerprint density at radius 1 is 0.257 bits per heavy atom. The van der Waals surface area contributed by atoms with Crippen LogP contribution < -0.4 is 4.90 Å². The highest BCUT2D eigenvalue weighted by Gasteiger charge is 2.20. The number of para-hydroxylation sites is 2. The number of fused-ring (bicyclic) bond motifs is 7. The van der Waals surface area contributed by atoms with E-state index in [1.807, 2.05) is 12.4 Å². The Morgan fingerprint density at radius 3 is 1.50 bits per heavy atom. The highest BCUT2D eigenvalue weighted by Crippen LogP contribution is 2.44. The third-order valence-corrected chi connectivity index (χ3v) is 14.9. The Kier molecular flexibility index (Phi) is 10.5. The van der Waals surface area contributed by atoms with Crippen LogP contribution in [0, 0.1) is 0 Å². The van der Waals surface area contributed by atoms with Crippen LogP contribution in [0.15, 0.2) is 285 Å². The standard InChI is InChI=1S/C71H47N3/c1-3-13-50(14-4-1)62-37-35-59(47-68(62)54-29-36-63-53(45-54)24-23-51-15-7-8-18-60(51)63)73(57-31-25-48(26-32-57)49-41-43-72-44-42-49)58-33-27-52(28-34-58)61-38-39-64(66-20-10-9-19-65(61)66)55-30-40-71-69(46-55)67-21-11-12-22-70(67)74(71)56-16-5-2-6-17-56/h1-47H. The molecule has 3 nitrogen and oxygen atoms in total. The van der Waals surface area contributed by atoms with Crippen molar-refractivity contribution >= 4 is 71.2 Å². The minimum atomic E-state index is 1.07. The van der Waals surface area contributed by atoms with Gasteiger partial charge in [-0.15, -0.1) is 0 Å². The van der Waals surface area contributed by atoms with E-state index in [1.54, 1.807) is 0 Å². The minimum Gasteiger partial charge on any atom is -0.310 e. The summed E-state index contributed by atoms with van der Waals surface area (Å²) in [4.78, 5) is 6.66. The fourth-order valence-electron chi connectivity index (χ4n) is 11.3. The third-order valence-electron chi connectivity index (χ3n) is 14.9. The molecule has 14 rings (SSSR count). The SMILES string of the molecule is c1ccc(-c2ccc(N(c3ccc(-c4ccncc4)cc3)c3ccc(-c4ccc(-c5ccc6c(c5)c5ccccc5n6-c5ccccc5)c5ccccc45)cc3)cc2-c2ccc3c(ccc4ccccc43)c2)cc1. The van der Waals surface area contributed by atoms with Gasteiger partial charge in [-0.1, -0.05) is 188 Å². The number of anilines is 3. The van der Waals surface area contributed by atoms with E-state index in [2.05, 4.69) is 287 Å². The maximum absolute atomic E-state index is 4.27. The Hall–Kier alpha value is -9.83. The van der Waals surface area contributed by atoms with Gasteiger partial charge in [0, 0.05) is 45.9 Å². The molecule has 0 N–H and O–H groups in total. The summed E-state index contributed by atoms with van der Waals surface area (Å²) < 4.78 is 2.38. The average molecular weight is 942 g/mol. The van der Waals surface area contributed by atoms with Crippen LogP contribution in [0.4, 0.5) is 17.1 Å². The molecule has 0 spiro atoms. The molecule has 0 amide bonds. The van der Waals surface area contributed by atoms with Gasteiger partial charge >= 0.3 is 0 Å². The van der Waals surface area contributed by atoms with Gasteiger partial charge in [-0.25, -0.2) is 0 Å². The van der Waals surface area contributed by atoms with Gasteiger partial charge in [-0.05, 0) is 173 Å². The van der Waals surface area contributed by atoms with E-state index in [4.69, 9.17) is 0 Å². The summed E-state index contributed by atoms with van der Waals surface area (Å²) in [5.74, 6) is 0. The van der Waals surface area contributed by atoms with Crippen molar-refractivity contribution in [1.82, 2.24) is 9.55 Å². The summed E-state index contributed by atoms with van der Waals surface area (Å²) in [6.45, 7) is 0. The first-order valence-electron chi connectivity index (χ1n) is 25.3. The van der Waals surface area contributed by atoms with Crippen LogP contribution in [-0.2, 0) is 0 Å². The normalized spacial score (nSPS) is 11.5. The van der Waals surface area contributed by atoms with Crippen LogP contribution >= 0.6 is 0 Å². The van der Waals surface area contributed by atoms with Crippen LogP contribution in [0.25, 0.3) is 115 Å². The van der Waals surface area contributed by atoms with Crippen LogP contribution in [0.1, 0.15) is 0 Å². The fourth-order valence-corrected chi connectivity index (χ4v) is 11.3. The number of benzene rings is 12. The number of hydrogen-bond donors (Lipinski definition) is 0. The molecule has 74 heavy (non-hydrogen) atoms. The van der Waals surface area contributed by atoms with Crippen LogP contribution in [0.5, 0.6) is 0 Å². The van der Waals surface area contributed by atoms with Gasteiger partial charge in [0.1, 0.15) is 0 Å². The quantitative estimate of drug-likeness (QED) is 0.134. The molecule has 0 fully saturated rings. The summed E-state index contributed by atoms with van der Waals surface area (Å²) in [5.41, 5.74) is 18.5. The number of rotatable bonds is 9. The Balaban J connectivity index is 0.879. The predicted molar refractivity (Wildman–Crippen MR) is 313 cm³/mol. The lowest BCUT2D eigenvalue weighted by Crippen LogP contribution is -2.10. The second-order valence-corrected chi connectivity index (χ2v) is 19.1. The van der Waals surface area contributed by atoms with Crippen molar-refractivity contribution in [2.45, 2.75) is 0 Å². The lowest BCUT2D eigenvalue weighted by Gasteiger charge is -2.27. The summed E-state index contributed by atoms with van der Waals surface area (Å²) in [6, 6.07) is 99.8. The van der Waals surface area contributed by atoms with E-state index >= 15 is 0 Å². The predicted octanol–water partition coefficient (Wildman–Crippen LogP) is 19.4. The highest BCUT2D eigenvalue weighted by atomic mass is 15.1. The Morgan fingerprint density at radius 2 is 0.757 bits per heavy atom. The van der Waals surface area contributed by atoms with Gasteiger partial charge in [0.05, 0.1) is 11.0 Å². The molecule has 0 atom stereocenters. The molecule has 0 unspecified atom stereocenters. The van der Waals surface area contributed by atoms with Crippen molar-refractivity contribution in [3.05, 3.63) is 285 Å². The highest BCUT2D eigenvalue weighted by molar-refractivity contribution is 6.13. The van der Waals surface area contributed by atoms with E-state index in [-0.39, 0.29) is 0 Å². The molecule has 0 bridgehead atoms. The molecule has 14 aromatic rings. The Bertz CT molecular complexity index is 4390. The minimum absolute atomic E-state index is 1.07. The van der Waals surface area contributed by atoms with Gasteiger partial charge in [-0.2, -0.15) is 0 Å². The van der Waals surface area contributed by atoms with Gasteiger partial charge < -0.3 is 9.47 Å². The summed E-state index contributed by atoms with van der Waals surface area (Å²) in [5, 5.41) is 9.94. The van der Waals surface area contributed by atoms with Gasteiger partial charge in [0.15, 0.2) is 0 Å². The summed E-state index contributed by atoms with van der Waals surface area (Å²) in [7, 11) is 0. The van der Waals surface area contributed by atoms with Gasteiger partial charge in [0.25, 0.3) is 0 Å². The molecule has 0 aliphatic rings. The Labute approximate surface area is 430 Å². The topological polar surface area (TPSA) is 21.1 Å². The molecule has 0 radical (unpaired) electrons. The molecule has 0 saturated heterocycles. The summed E-state index contributed by atoms with van der Waals surface area (Å²) in [6.07, 6.45) is 3.70. The average Bonchev–Trinajstić information content (AvgIpc) is 3.82. The lowest BCUT2D eigenvalue weighted by molar-refractivity contribution is 1.18. The van der Waals surface area contributed by atoms with Crippen LogP contribution in [-0.4, -0.2) is 9.55 Å². The molecule has 2 heterocycles. The zero-order valence-corrected chi connectivity index (χ0v) is 40.5. The molecule has 12 aromatic carbocycles. The van der Waals surface area contributed by atoms with Crippen molar-refractivity contribution < 1.29 is 0 Å². The first-order chi connectivity index (χ1) is 36.7. The number of nitrogens with zero attached hydrogens (tertiary/aromatic N) is 3. The van der Waals surface area contributed by atoms with E-state index in [1.165, 1.54) is 93.1 Å². The first-order valence-corrected chi connectivity index (χ1v) is 25.3. The number of hydrogen-bond acceptors (Lipinski definition) is 2. The number of pyridine rings is 1. The van der Waals surface area contributed by atoms with Crippen molar-refractivity contribution in [2.24, 2.45) is 0 Å². The largest absolute Gasteiger partial charge is 0.310 e.